The first-order valence-corrected chi connectivity index (χ1v) is 13.5. The average Bonchev–Trinajstić information content (AvgIpc) is 2.76. The fourth-order valence-electron chi connectivity index (χ4n) is 4.65. The fourth-order valence-corrected chi connectivity index (χ4v) is 5.40. The van der Waals surface area contributed by atoms with Crippen LogP contribution in [0, 0.1) is 11.7 Å². The summed E-state index contributed by atoms with van der Waals surface area (Å²) in [6.07, 6.45) is -3.05. The summed E-state index contributed by atoms with van der Waals surface area (Å²) in [7, 11) is -3.77. The van der Waals surface area contributed by atoms with Crippen LogP contribution in [0.15, 0.2) is 29.3 Å². The van der Waals surface area contributed by atoms with Crippen molar-refractivity contribution in [2.24, 2.45) is 5.92 Å². The summed E-state index contributed by atoms with van der Waals surface area (Å²) in [5, 5.41) is 9.44. The van der Waals surface area contributed by atoms with Gasteiger partial charge in [-0.1, -0.05) is 13.8 Å². The summed E-state index contributed by atoms with van der Waals surface area (Å²) >= 11 is 0. The molecule has 1 aromatic heterocycles. The van der Waals surface area contributed by atoms with Crippen molar-refractivity contribution in [3.05, 3.63) is 41.5 Å². The number of hydrogen-bond donors (Lipinski definition) is 1. The van der Waals surface area contributed by atoms with Crippen LogP contribution in [0.2, 0.25) is 0 Å². The van der Waals surface area contributed by atoms with Crippen molar-refractivity contribution >= 4 is 21.5 Å². The molecule has 1 atom stereocenters. The fraction of sp³-hybridized carbons (Fsp3) is 0.565. The summed E-state index contributed by atoms with van der Waals surface area (Å²) in [6.45, 7) is 5.50. The molecular weight excluding hydrogens is 502 g/mol. The molecule has 3 heterocycles. The second-order valence-electron chi connectivity index (χ2n) is 9.73. The number of β-amino-alcohol motifs (C(OH)–C–C–N with tert-alkyl or cyclic N) is 1. The molecule has 0 saturated carbocycles. The molecule has 0 spiro atoms. The smallest absolute Gasteiger partial charge is 0.390 e. The number of sulfone groups is 1. The minimum absolute atomic E-state index is 0.000800. The Morgan fingerprint density at radius 3 is 2.44 bits per heavy atom. The van der Waals surface area contributed by atoms with E-state index in [1.165, 1.54) is 18.3 Å². The van der Waals surface area contributed by atoms with E-state index >= 15 is 0 Å². The van der Waals surface area contributed by atoms with Crippen molar-refractivity contribution in [1.82, 2.24) is 14.9 Å². The standard InChI is InChI=1S/C23H29F4N5O3S/c1-14(2)19-13-31(16-4-5-18(24)20(8-16)36(3,34)35)6-7-32(19)22-28-9-15(10-30-11-17(33)12-30)21(29-22)23(25,26)27/h4-5,8-9,14,17,19,33H,6-7,10-13H2,1-3H3/t19-/m0/s1. The number of anilines is 2. The molecule has 0 amide bonds. The van der Waals surface area contributed by atoms with E-state index in [9.17, 15) is 31.1 Å². The van der Waals surface area contributed by atoms with E-state index in [1.54, 1.807) is 9.80 Å². The van der Waals surface area contributed by atoms with E-state index in [0.29, 0.717) is 38.4 Å². The first kappa shape index (κ1) is 26.6. The number of likely N-dealkylation sites (tertiary alicyclic amines) is 1. The highest BCUT2D eigenvalue weighted by Gasteiger charge is 2.39. The summed E-state index contributed by atoms with van der Waals surface area (Å²) in [6, 6.07) is 3.62. The van der Waals surface area contributed by atoms with Crippen molar-refractivity contribution in [2.75, 3.05) is 48.8 Å². The monoisotopic (exact) mass is 531 g/mol. The van der Waals surface area contributed by atoms with Crippen LogP contribution in [0.4, 0.5) is 29.2 Å². The number of halogens is 4. The maximum absolute atomic E-state index is 14.1. The zero-order valence-corrected chi connectivity index (χ0v) is 21.0. The second-order valence-corrected chi connectivity index (χ2v) is 11.7. The van der Waals surface area contributed by atoms with Gasteiger partial charge >= 0.3 is 6.18 Å². The minimum atomic E-state index is -4.66. The second kappa shape index (κ2) is 9.75. The third-order valence-corrected chi connectivity index (χ3v) is 7.69. The average molecular weight is 532 g/mol. The Bertz CT molecular complexity index is 1220. The predicted octanol–water partition coefficient (Wildman–Crippen LogP) is 2.57. The molecule has 2 aromatic rings. The van der Waals surface area contributed by atoms with Crippen molar-refractivity contribution in [3.63, 3.8) is 0 Å². The van der Waals surface area contributed by atoms with E-state index < -0.39 is 38.5 Å². The maximum Gasteiger partial charge on any atom is 0.433 e. The van der Waals surface area contributed by atoms with Gasteiger partial charge < -0.3 is 14.9 Å². The Morgan fingerprint density at radius 2 is 1.86 bits per heavy atom. The van der Waals surface area contributed by atoms with E-state index in [0.717, 1.165) is 12.3 Å². The summed E-state index contributed by atoms with van der Waals surface area (Å²) < 4.78 is 79.6. The number of benzene rings is 1. The van der Waals surface area contributed by atoms with E-state index in [2.05, 4.69) is 9.97 Å². The molecule has 0 radical (unpaired) electrons. The molecule has 13 heteroatoms. The lowest BCUT2D eigenvalue weighted by atomic mass is 9.99. The third-order valence-electron chi connectivity index (χ3n) is 6.58. The molecule has 2 fully saturated rings. The Hall–Kier alpha value is -2.51. The quantitative estimate of drug-likeness (QED) is 0.569. The van der Waals surface area contributed by atoms with Crippen molar-refractivity contribution in [2.45, 2.75) is 43.6 Å². The van der Waals surface area contributed by atoms with Gasteiger partial charge in [-0.25, -0.2) is 22.8 Å². The molecule has 2 saturated heterocycles. The van der Waals surface area contributed by atoms with Gasteiger partial charge in [0.25, 0.3) is 0 Å². The van der Waals surface area contributed by atoms with Crippen LogP contribution in [-0.4, -0.2) is 79.5 Å². The molecule has 2 aliphatic rings. The van der Waals surface area contributed by atoms with E-state index in [1.807, 2.05) is 18.7 Å². The molecular formula is C23H29F4N5O3S. The number of nitrogens with zero attached hydrogens (tertiary/aromatic N) is 5. The van der Waals surface area contributed by atoms with Crippen molar-refractivity contribution < 1.29 is 31.1 Å². The minimum Gasteiger partial charge on any atom is -0.390 e. The summed E-state index contributed by atoms with van der Waals surface area (Å²) in [5.74, 6) is -0.854. The van der Waals surface area contributed by atoms with E-state index in [4.69, 9.17) is 0 Å². The van der Waals surface area contributed by atoms with Crippen LogP contribution in [0.25, 0.3) is 0 Å². The van der Waals surface area contributed by atoms with Gasteiger partial charge in [0.15, 0.2) is 15.5 Å². The molecule has 0 unspecified atom stereocenters. The number of hydrogen-bond acceptors (Lipinski definition) is 8. The lowest BCUT2D eigenvalue weighted by molar-refractivity contribution is -0.142. The molecule has 36 heavy (non-hydrogen) atoms. The third kappa shape index (κ3) is 5.57. The number of rotatable bonds is 6. The normalized spacial score (nSPS) is 20.2. The van der Waals surface area contributed by atoms with Crippen LogP contribution in [0.5, 0.6) is 0 Å². The van der Waals surface area contributed by atoms with Crippen LogP contribution in [0.1, 0.15) is 25.1 Å². The molecule has 198 valence electrons. The zero-order chi connectivity index (χ0) is 26.4. The molecule has 0 aliphatic carbocycles. The highest BCUT2D eigenvalue weighted by molar-refractivity contribution is 7.90. The molecule has 0 bridgehead atoms. The number of piperazine rings is 1. The molecule has 1 N–H and O–H groups in total. The van der Waals surface area contributed by atoms with Gasteiger partial charge in [0.2, 0.25) is 5.95 Å². The number of alkyl halides is 3. The Labute approximate surface area is 207 Å². The van der Waals surface area contributed by atoms with Gasteiger partial charge in [-0.2, -0.15) is 13.2 Å². The maximum atomic E-state index is 14.1. The molecule has 2 aliphatic heterocycles. The highest BCUT2D eigenvalue weighted by atomic mass is 32.2. The number of aliphatic hydroxyl groups is 1. The molecule has 8 nitrogen and oxygen atoms in total. The first-order valence-electron chi connectivity index (χ1n) is 11.6. The lowest BCUT2D eigenvalue weighted by Crippen LogP contribution is -2.56. The van der Waals surface area contributed by atoms with Crippen LogP contribution in [0.3, 0.4) is 0 Å². The Morgan fingerprint density at radius 1 is 1.17 bits per heavy atom. The summed E-state index contributed by atoms with van der Waals surface area (Å²) in [4.78, 5) is 13.1. The van der Waals surface area contributed by atoms with Crippen molar-refractivity contribution in [3.8, 4) is 0 Å². The molecule has 4 rings (SSSR count). The van der Waals surface area contributed by atoms with Gasteiger partial charge in [0, 0.05) is 63.0 Å². The first-order chi connectivity index (χ1) is 16.7. The molecule has 1 aromatic carbocycles. The van der Waals surface area contributed by atoms with Crippen LogP contribution >= 0.6 is 0 Å². The highest BCUT2D eigenvalue weighted by Crippen LogP contribution is 2.34. The topological polar surface area (TPSA) is 89.9 Å². The van der Waals surface area contributed by atoms with E-state index in [-0.39, 0.29) is 30.0 Å². The SMILES string of the molecule is CC(C)[C@@H]1CN(c2ccc(F)c(S(C)(=O)=O)c2)CCN1c1ncc(CN2CC(O)C2)c(C(F)(F)F)n1. The lowest BCUT2D eigenvalue weighted by Gasteiger charge is -2.44. The summed E-state index contributed by atoms with van der Waals surface area (Å²) in [5.41, 5.74) is -0.515. The number of aromatic nitrogens is 2. The van der Waals surface area contributed by atoms with Gasteiger partial charge in [0.05, 0.1) is 12.1 Å². The Balaban J connectivity index is 1.60. The van der Waals surface area contributed by atoms with Crippen molar-refractivity contribution in [1.29, 1.82) is 0 Å². The van der Waals surface area contributed by atoms with Gasteiger partial charge in [-0.05, 0) is 24.1 Å². The Kier molecular flexibility index (Phi) is 7.19. The van der Waals surface area contributed by atoms with Gasteiger partial charge in [0.1, 0.15) is 10.7 Å². The van der Waals surface area contributed by atoms with Gasteiger partial charge in [-0.3, -0.25) is 4.90 Å². The van der Waals surface area contributed by atoms with Crippen LogP contribution < -0.4 is 9.80 Å². The zero-order valence-electron chi connectivity index (χ0n) is 20.2. The number of aliphatic hydroxyl groups excluding tert-OH is 1. The van der Waals surface area contributed by atoms with Gasteiger partial charge in [-0.15, -0.1) is 0 Å². The van der Waals surface area contributed by atoms with Crippen LogP contribution in [-0.2, 0) is 22.6 Å². The largest absolute Gasteiger partial charge is 0.433 e. The predicted molar refractivity (Wildman–Crippen MR) is 126 cm³/mol.